The lowest BCUT2D eigenvalue weighted by atomic mass is 10.2. The lowest BCUT2D eigenvalue weighted by molar-refractivity contribution is 0.102. The van der Waals surface area contributed by atoms with Crippen molar-refractivity contribution in [3.8, 4) is 5.82 Å². The first-order chi connectivity index (χ1) is 10.6. The Hall–Kier alpha value is -3.16. The molecule has 0 saturated heterocycles. The van der Waals surface area contributed by atoms with Gasteiger partial charge in [0, 0.05) is 24.0 Å². The molecule has 0 saturated carbocycles. The molecule has 0 bridgehead atoms. The fraction of sp³-hybridized carbons (Fsp3) is 0. The molecule has 2 heterocycles. The van der Waals surface area contributed by atoms with Crippen molar-refractivity contribution in [2.24, 2.45) is 0 Å². The zero-order valence-corrected chi connectivity index (χ0v) is 11.1. The van der Waals surface area contributed by atoms with Gasteiger partial charge < -0.3 is 5.32 Å². The highest BCUT2D eigenvalue weighted by Gasteiger charge is 2.11. The van der Waals surface area contributed by atoms with Gasteiger partial charge in [0.15, 0.2) is 11.6 Å². The third-order valence-electron chi connectivity index (χ3n) is 2.84. The molecule has 1 N–H and O–H groups in total. The minimum atomic E-state index is -1.09. The van der Waals surface area contributed by atoms with Crippen LogP contribution in [0.2, 0.25) is 0 Å². The number of aromatic nitrogens is 4. The van der Waals surface area contributed by atoms with Gasteiger partial charge in [0.2, 0.25) is 0 Å². The molecule has 110 valence electrons. The number of nitrogens with zero attached hydrogens (tertiary/aromatic N) is 4. The van der Waals surface area contributed by atoms with Crippen LogP contribution in [0.25, 0.3) is 5.82 Å². The Morgan fingerprint density at radius 1 is 1.14 bits per heavy atom. The van der Waals surface area contributed by atoms with E-state index < -0.39 is 17.5 Å². The number of carbonyl (C=O) groups excluding carboxylic acids is 1. The van der Waals surface area contributed by atoms with E-state index in [2.05, 4.69) is 20.3 Å². The molecule has 0 spiro atoms. The number of rotatable bonds is 3. The van der Waals surface area contributed by atoms with Gasteiger partial charge in [0.05, 0.1) is 0 Å². The first-order valence-electron chi connectivity index (χ1n) is 6.20. The van der Waals surface area contributed by atoms with E-state index in [1.807, 2.05) is 0 Å². The van der Waals surface area contributed by atoms with Crippen molar-refractivity contribution in [3.05, 3.63) is 66.5 Å². The lowest BCUT2D eigenvalue weighted by Gasteiger charge is -2.06. The average molecular weight is 301 g/mol. The molecule has 0 aliphatic heterocycles. The summed E-state index contributed by atoms with van der Waals surface area (Å²) in [5.41, 5.74) is -0.0123. The Kier molecular flexibility index (Phi) is 3.57. The summed E-state index contributed by atoms with van der Waals surface area (Å²) >= 11 is 0. The Morgan fingerprint density at radius 2 is 2.00 bits per heavy atom. The van der Waals surface area contributed by atoms with E-state index in [0.717, 1.165) is 12.1 Å². The molecule has 1 aromatic carbocycles. The van der Waals surface area contributed by atoms with Gasteiger partial charge in [-0.1, -0.05) is 0 Å². The molecular formula is C14H9F2N5O. The molecule has 22 heavy (non-hydrogen) atoms. The zero-order valence-electron chi connectivity index (χ0n) is 11.1. The molecule has 0 aliphatic rings. The van der Waals surface area contributed by atoms with Crippen LogP contribution in [0.3, 0.4) is 0 Å². The van der Waals surface area contributed by atoms with E-state index >= 15 is 0 Å². The van der Waals surface area contributed by atoms with Crippen LogP contribution in [0.15, 0.2) is 49.3 Å². The van der Waals surface area contributed by atoms with E-state index in [1.54, 1.807) is 23.3 Å². The van der Waals surface area contributed by atoms with E-state index in [-0.39, 0.29) is 11.4 Å². The van der Waals surface area contributed by atoms with Crippen LogP contribution in [-0.4, -0.2) is 25.4 Å². The summed E-state index contributed by atoms with van der Waals surface area (Å²) in [6, 6.07) is 4.43. The van der Waals surface area contributed by atoms with E-state index in [0.29, 0.717) is 5.82 Å². The van der Waals surface area contributed by atoms with Crippen LogP contribution in [-0.2, 0) is 0 Å². The number of benzene rings is 1. The lowest BCUT2D eigenvalue weighted by Crippen LogP contribution is -2.14. The summed E-state index contributed by atoms with van der Waals surface area (Å²) in [5.74, 6) is -1.97. The van der Waals surface area contributed by atoms with Gasteiger partial charge in [0.1, 0.15) is 24.3 Å². The Labute approximate surface area is 123 Å². The monoisotopic (exact) mass is 301 g/mol. The van der Waals surface area contributed by atoms with Gasteiger partial charge in [-0.05, 0) is 18.2 Å². The Morgan fingerprint density at radius 3 is 2.73 bits per heavy atom. The number of nitrogens with one attached hydrogen (secondary N) is 1. The van der Waals surface area contributed by atoms with Crippen molar-refractivity contribution in [2.75, 3.05) is 5.32 Å². The number of hydrogen-bond donors (Lipinski definition) is 1. The maximum absolute atomic E-state index is 13.1. The molecular weight excluding hydrogens is 292 g/mol. The standard InChI is InChI=1S/C14H9F2N5O/c15-10-2-1-9(5-11(10)16)14(22)20-12-6-13(19-7-18-12)21-4-3-17-8-21/h1-8H,(H,18,19,20,22). The van der Waals surface area contributed by atoms with Crippen LogP contribution in [0, 0.1) is 11.6 Å². The third kappa shape index (κ3) is 2.80. The molecule has 8 heteroatoms. The second-order valence-corrected chi connectivity index (χ2v) is 4.31. The quantitative estimate of drug-likeness (QED) is 0.805. The third-order valence-corrected chi connectivity index (χ3v) is 2.84. The minimum absolute atomic E-state index is 0.0123. The molecule has 0 unspecified atom stereocenters. The van der Waals surface area contributed by atoms with Crippen LogP contribution in [0.1, 0.15) is 10.4 Å². The van der Waals surface area contributed by atoms with Crippen LogP contribution < -0.4 is 5.32 Å². The van der Waals surface area contributed by atoms with Crippen molar-refractivity contribution >= 4 is 11.7 Å². The molecule has 0 atom stereocenters. The van der Waals surface area contributed by atoms with Gasteiger partial charge in [0.25, 0.3) is 5.91 Å². The van der Waals surface area contributed by atoms with Crippen molar-refractivity contribution in [1.29, 1.82) is 0 Å². The normalized spacial score (nSPS) is 10.5. The van der Waals surface area contributed by atoms with E-state index in [9.17, 15) is 13.6 Å². The fourth-order valence-corrected chi connectivity index (χ4v) is 1.78. The zero-order chi connectivity index (χ0) is 15.5. The van der Waals surface area contributed by atoms with Crippen molar-refractivity contribution in [2.45, 2.75) is 0 Å². The van der Waals surface area contributed by atoms with Gasteiger partial charge in [-0.3, -0.25) is 9.36 Å². The van der Waals surface area contributed by atoms with Gasteiger partial charge in [-0.25, -0.2) is 23.7 Å². The van der Waals surface area contributed by atoms with Crippen LogP contribution in [0.5, 0.6) is 0 Å². The predicted octanol–water partition coefficient (Wildman–Crippen LogP) is 2.19. The molecule has 0 fully saturated rings. The Balaban J connectivity index is 1.82. The SMILES string of the molecule is O=C(Nc1cc(-n2ccnc2)ncn1)c1ccc(F)c(F)c1. The summed E-state index contributed by atoms with van der Waals surface area (Å²) in [6.45, 7) is 0. The highest BCUT2D eigenvalue weighted by Crippen LogP contribution is 2.12. The van der Waals surface area contributed by atoms with Crippen molar-refractivity contribution in [3.63, 3.8) is 0 Å². The molecule has 1 amide bonds. The number of anilines is 1. The summed E-state index contributed by atoms with van der Waals surface area (Å²) in [4.78, 5) is 23.8. The molecule has 0 aliphatic carbocycles. The maximum atomic E-state index is 13.1. The summed E-state index contributed by atoms with van der Waals surface area (Å²) in [7, 11) is 0. The molecule has 3 aromatic rings. The van der Waals surface area contributed by atoms with Gasteiger partial charge in [-0.15, -0.1) is 0 Å². The van der Waals surface area contributed by atoms with Gasteiger partial charge in [-0.2, -0.15) is 0 Å². The van der Waals surface area contributed by atoms with Crippen molar-refractivity contribution in [1.82, 2.24) is 19.5 Å². The molecule has 6 nitrogen and oxygen atoms in total. The summed E-state index contributed by atoms with van der Waals surface area (Å²) in [6.07, 6.45) is 6.09. The highest BCUT2D eigenvalue weighted by molar-refractivity contribution is 6.03. The largest absolute Gasteiger partial charge is 0.306 e. The summed E-state index contributed by atoms with van der Waals surface area (Å²) < 4.78 is 27.6. The first-order valence-corrected chi connectivity index (χ1v) is 6.20. The maximum Gasteiger partial charge on any atom is 0.256 e. The number of hydrogen-bond acceptors (Lipinski definition) is 4. The Bertz CT molecular complexity index is 820. The van der Waals surface area contributed by atoms with E-state index in [4.69, 9.17) is 0 Å². The second-order valence-electron chi connectivity index (χ2n) is 4.31. The number of carbonyl (C=O) groups is 1. The van der Waals surface area contributed by atoms with Gasteiger partial charge >= 0.3 is 0 Å². The number of halogens is 2. The van der Waals surface area contributed by atoms with E-state index in [1.165, 1.54) is 18.5 Å². The predicted molar refractivity (Wildman–Crippen MR) is 73.5 cm³/mol. The smallest absolute Gasteiger partial charge is 0.256 e. The van der Waals surface area contributed by atoms with Crippen LogP contribution in [0.4, 0.5) is 14.6 Å². The van der Waals surface area contributed by atoms with Crippen LogP contribution >= 0.6 is 0 Å². The highest BCUT2D eigenvalue weighted by atomic mass is 19.2. The topological polar surface area (TPSA) is 72.7 Å². The number of amides is 1. The average Bonchev–Trinajstić information content (AvgIpc) is 3.04. The molecule has 0 radical (unpaired) electrons. The first kappa shape index (κ1) is 13.8. The summed E-state index contributed by atoms with van der Waals surface area (Å²) in [5, 5.41) is 2.49. The molecule has 3 rings (SSSR count). The minimum Gasteiger partial charge on any atom is -0.306 e. The molecule has 2 aromatic heterocycles. The second kappa shape index (κ2) is 5.68. The van der Waals surface area contributed by atoms with Crippen molar-refractivity contribution < 1.29 is 13.6 Å². The fourth-order valence-electron chi connectivity index (χ4n) is 1.78. The number of imidazole rings is 1.